The van der Waals surface area contributed by atoms with Crippen LogP contribution >= 0.6 is 11.5 Å². The molecule has 0 amide bonds. The average molecular weight is 337 g/mol. The molecule has 5 nitrogen and oxygen atoms in total. The summed E-state index contributed by atoms with van der Waals surface area (Å²) in [6, 6.07) is 5.82. The van der Waals surface area contributed by atoms with Crippen LogP contribution in [0.4, 0.5) is 24.1 Å². The molecule has 0 aliphatic rings. The minimum atomic E-state index is -4.50. The van der Waals surface area contributed by atoms with Crippen molar-refractivity contribution in [2.45, 2.75) is 13.1 Å². The summed E-state index contributed by atoms with van der Waals surface area (Å²) in [5.41, 5.74) is 0.695. The van der Waals surface area contributed by atoms with Crippen LogP contribution in [0, 0.1) is 6.92 Å². The number of alkyl halides is 3. The van der Waals surface area contributed by atoms with Crippen molar-refractivity contribution in [1.29, 1.82) is 0 Å². The van der Waals surface area contributed by atoms with Gasteiger partial charge in [-0.15, -0.1) is 0 Å². The van der Waals surface area contributed by atoms with E-state index in [0.29, 0.717) is 11.5 Å². The number of nitrogens with one attached hydrogen (secondary N) is 1. The van der Waals surface area contributed by atoms with Gasteiger partial charge in [-0.25, -0.2) is 4.98 Å². The van der Waals surface area contributed by atoms with E-state index in [1.165, 1.54) is 12.3 Å². The molecule has 3 aromatic rings. The second-order valence-corrected chi connectivity index (χ2v) is 5.42. The molecule has 9 heteroatoms. The standard InChI is InChI=1S/C14H10F3N5S/c1-8-4-6-18-10(7-8)12-21-13(23-22-12)20-11-9(14(15,16)17)3-2-5-19-11/h2-7H,1H3,(H,19,20,21,22). The van der Waals surface area contributed by atoms with Crippen molar-refractivity contribution in [2.24, 2.45) is 0 Å². The zero-order valence-electron chi connectivity index (χ0n) is 11.8. The quantitative estimate of drug-likeness (QED) is 0.781. The maximum absolute atomic E-state index is 12.9. The molecule has 0 aromatic carbocycles. The first-order chi connectivity index (χ1) is 10.9. The molecule has 0 radical (unpaired) electrons. The van der Waals surface area contributed by atoms with Crippen LogP contribution in [0.2, 0.25) is 0 Å². The number of anilines is 2. The van der Waals surface area contributed by atoms with Crippen molar-refractivity contribution >= 4 is 22.5 Å². The molecule has 0 saturated heterocycles. The molecule has 0 spiro atoms. The SMILES string of the molecule is Cc1ccnc(-c2nsc(Nc3ncccc3C(F)(F)F)n2)c1. The van der Waals surface area contributed by atoms with Crippen LogP contribution in [-0.4, -0.2) is 19.3 Å². The largest absolute Gasteiger partial charge is 0.419 e. The van der Waals surface area contributed by atoms with E-state index in [2.05, 4.69) is 24.6 Å². The van der Waals surface area contributed by atoms with E-state index in [1.54, 1.807) is 12.3 Å². The minimum absolute atomic E-state index is 0.215. The van der Waals surface area contributed by atoms with E-state index in [-0.39, 0.29) is 10.9 Å². The number of pyridine rings is 2. The first-order valence-corrected chi connectivity index (χ1v) is 7.27. The van der Waals surface area contributed by atoms with Crippen molar-refractivity contribution in [3.63, 3.8) is 0 Å². The Morgan fingerprint density at radius 1 is 1.13 bits per heavy atom. The monoisotopic (exact) mass is 337 g/mol. The highest BCUT2D eigenvalue weighted by Crippen LogP contribution is 2.35. The number of rotatable bonds is 3. The fraction of sp³-hybridized carbons (Fsp3) is 0.143. The van der Waals surface area contributed by atoms with E-state index in [4.69, 9.17) is 0 Å². The number of halogens is 3. The van der Waals surface area contributed by atoms with Gasteiger partial charge in [0.2, 0.25) is 5.13 Å². The summed E-state index contributed by atoms with van der Waals surface area (Å²) in [5.74, 6) is 0.0468. The molecular formula is C14H10F3N5S. The van der Waals surface area contributed by atoms with Gasteiger partial charge in [0.15, 0.2) is 5.82 Å². The zero-order valence-corrected chi connectivity index (χ0v) is 12.6. The highest BCUT2D eigenvalue weighted by Gasteiger charge is 2.34. The van der Waals surface area contributed by atoms with Gasteiger partial charge in [-0.1, -0.05) is 0 Å². The maximum atomic E-state index is 12.9. The molecule has 0 bridgehead atoms. The van der Waals surface area contributed by atoms with Gasteiger partial charge in [0, 0.05) is 23.9 Å². The van der Waals surface area contributed by atoms with Crippen LogP contribution in [0.1, 0.15) is 11.1 Å². The molecular weight excluding hydrogens is 327 g/mol. The number of hydrogen-bond donors (Lipinski definition) is 1. The van der Waals surface area contributed by atoms with Crippen molar-refractivity contribution in [3.05, 3.63) is 47.8 Å². The molecule has 0 saturated carbocycles. The molecule has 0 aliphatic heterocycles. The van der Waals surface area contributed by atoms with E-state index in [1.807, 2.05) is 13.0 Å². The van der Waals surface area contributed by atoms with Gasteiger partial charge in [0.1, 0.15) is 11.5 Å². The lowest BCUT2D eigenvalue weighted by atomic mass is 10.2. The number of hydrogen-bond acceptors (Lipinski definition) is 6. The molecule has 118 valence electrons. The number of nitrogens with zero attached hydrogens (tertiary/aromatic N) is 4. The highest BCUT2D eigenvalue weighted by atomic mass is 32.1. The predicted molar refractivity (Wildman–Crippen MR) is 80.4 cm³/mol. The van der Waals surface area contributed by atoms with Gasteiger partial charge in [0.25, 0.3) is 0 Å². The van der Waals surface area contributed by atoms with E-state index < -0.39 is 11.7 Å². The van der Waals surface area contributed by atoms with Crippen molar-refractivity contribution in [3.8, 4) is 11.5 Å². The van der Waals surface area contributed by atoms with Gasteiger partial charge in [0.05, 0.1) is 5.56 Å². The molecule has 3 aromatic heterocycles. The Hall–Kier alpha value is -2.55. The third kappa shape index (κ3) is 3.45. The Labute approximate surface area is 133 Å². The molecule has 23 heavy (non-hydrogen) atoms. The van der Waals surface area contributed by atoms with Gasteiger partial charge < -0.3 is 5.32 Å². The van der Waals surface area contributed by atoms with E-state index in [9.17, 15) is 13.2 Å². The molecule has 0 aliphatic carbocycles. The van der Waals surface area contributed by atoms with Gasteiger partial charge >= 0.3 is 6.18 Å². The summed E-state index contributed by atoms with van der Waals surface area (Å²) >= 11 is 0.945. The Morgan fingerprint density at radius 3 is 2.70 bits per heavy atom. The number of aromatic nitrogens is 4. The van der Waals surface area contributed by atoms with E-state index in [0.717, 1.165) is 23.2 Å². The Morgan fingerprint density at radius 2 is 1.96 bits per heavy atom. The fourth-order valence-corrected chi connectivity index (χ4v) is 2.45. The first-order valence-electron chi connectivity index (χ1n) is 6.49. The summed E-state index contributed by atoms with van der Waals surface area (Å²) in [6.45, 7) is 1.90. The molecule has 0 unspecified atom stereocenters. The summed E-state index contributed by atoms with van der Waals surface area (Å²) in [5, 5.41) is 2.79. The Kier molecular flexibility index (Phi) is 3.95. The first kappa shape index (κ1) is 15.3. The molecule has 0 fully saturated rings. The lowest BCUT2D eigenvalue weighted by Gasteiger charge is -2.11. The zero-order chi connectivity index (χ0) is 16.4. The topological polar surface area (TPSA) is 63.6 Å². The molecule has 3 rings (SSSR count). The van der Waals surface area contributed by atoms with Crippen LogP contribution < -0.4 is 5.32 Å². The lowest BCUT2D eigenvalue weighted by molar-refractivity contribution is -0.137. The second kappa shape index (κ2) is 5.92. The number of aryl methyl sites for hydroxylation is 1. The van der Waals surface area contributed by atoms with E-state index >= 15 is 0 Å². The smallest absolute Gasteiger partial charge is 0.314 e. The second-order valence-electron chi connectivity index (χ2n) is 4.66. The van der Waals surface area contributed by atoms with Crippen LogP contribution in [0.15, 0.2) is 36.7 Å². The Balaban J connectivity index is 1.89. The normalized spacial score (nSPS) is 11.5. The third-order valence-electron chi connectivity index (χ3n) is 2.91. The summed E-state index contributed by atoms with van der Waals surface area (Å²) in [4.78, 5) is 12.0. The van der Waals surface area contributed by atoms with Crippen LogP contribution in [0.3, 0.4) is 0 Å². The minimum Gasteiger partial charge on any atom is -0.314 e. The highest BCUT2D eigenvalue weighted by molar-refractivity contribution is 7.09. The van der Waals surface area contributed by atoms with Crippen molar-refractivity contribution < 1.29 is 13.2 Å². The van der Waals surface area contributed by atoms with Crippen LogP contribution in [-0.2, 0) is 6.18 Å². The average Bonchev–Trinajstić information content (AvgIpc) is 2.95. The van der Waals surface area contributed by atoms with Crippen LogP contribution in [0.25, 0.3) is 11.5 Å². The van der Waals surface area contributed by atoms with Crippen molar-refractivity contribution in [1.82, 2.24) is 19.3 Å². The van der Waals surface area contributed by atoms with Crippen molar-refractivity contribution in [2.75, 3.05) is 5.32 Å². The maximum Gasteiger partial charge on any atom is 0.419 e. The predicted octanol–water partition coefficient (Wildman–Crippen LogP) is 4.07. The summed E-state index contributed by atoms with van der Waals surface area (Å²) in [6.07, 6.45) is -1.59. The lowest BCUT2D eigenvalue weighted by Crippen LogP contribution is -2.09. The fourth-order valence-electron chi connectivity index (χ4n) is 1.87. The third-order valence-corrected chi connectivity index (χ3v) is 3.54. The Bertz CT molecular complexity index is 831. The van der Waals surface area contributed by atoms with Gasteiger partial charge in [-0.3, -0.25) is 4.98 Å². The molecule has 1 N–H and O–H groups in total. The molecule has 0 atom stereocenters. The van der Waals surface area contributed by atoms with Crippen LogP contribution in [0.5, 0.6) is 0 Å². The summed E-state index contributed by atoms with van der Waals surface area (Å²) in [7, 11) is 0. The molecule has 3 heterocycles. The van der Waals surface area contributed by atoms with Gasteiger partial charge in [-0.05, 0) is 36.8 Å². The summed E-state index contributed by atoms with van der Waals surface area (Å²) < 4.78 is 42.9. The van der Waals surface area contributed by atoms with Gasteiger partial charge in [-0.2, -0.15) is 22.5 Å².